The standard InChI is InChI=1S/C23H18ClN3O3S/c1-14-6-9-16(10-7-14)27-22(17-4-2-3-5-18(17)24)25-26-23(27)31-13-21(30)15-8-11-19(28)20(29)12-15/h2-12,28-29H,13H2,1H3. The SMILES string of the molecule is Cc1ccc(-n2c(SCC(=O)c3ccc(O)c(O)c3)nnc2-c2ccccc2Cl)cc1. The molecular formula is C23H18ClN3O3S. The molecule has 4 aromatic rings. The number of hydrogen-bond donors (Lipinski definition) is 2. The van der Waals surface area contributed by atoms with E-state index in [-0.39, 0.29) is 23.0 Å². The first-order valence-corrected chi connectivity index (χ1v) is 10.8. The van der Waals surface area contributed by atoms with Crippen LogP contribution in [0.4, 0.5) is 0 Å². The van der Waals surface area contributed by atoms with Crippen LogP contribution in [0.3, 0.4) is 0 Å². The second-order valence-corrected chi connectivity index (χ2v) is 8.22. The van der Waals surface area contributed by atoms with E-state index in [4.69, 9.17) is 11.6 Å². The van der Waals surface area contributed by atoms with Crippen molar-refractivity contribution in [1.29, 1.82) is 0 Å². The fourth-order valence-corrected chi connectivity index (χ4v) is 4.08. The summed E-state index contributed by atoms with van der Waals surface area (Å²) in [5.74, 6) is -0.159. The lowest BCUT2D eigenvalue weighted by Crippen LogP contribution is -2.05. The number of aromatic nitrogens is 3. The van der Waals surface area contributed by atoms with Crippen LogP contribution in [0.1, 0.15) is 15.9 Å². The van der Waals surface area contributed by atoms with E-state index in [1.165, 1.54) is 30.0 Å². The molecule has 1 aromatic heterocycles. The van der Waals surface area contributed by atoms with E-state index < -0.39 is 0 Å². The summed E-state index contributed by atoms with van der Waals surface area (Å²) in [5, 5.41) is 28.8. The summed E-state index contributed by atoms with van der Waals surface area (Å²) in [6, 6.07) is 19.3. The smallest absolute Gasteiger partial charge is 0.196 e. The molecule has 0 aliphatic heterocycles. The maximum atomic E-state index is 12.6. The van der Waals surface area contributed by atoms with E-state index in [0.29, 0.717) is 21.6 Å². The molecule has 31 heavy (non-hydrogen) atoms. The van der Waals surface area contributed by atoms with Gasteiger partial charge in [-0.2, -0.15) is 0 Å². The van der Waals surface area contributed by atoms with Crippen molar-refractivity contribution in [2.45, 2.75) is 12.1 Å². The Kier molecular flexibility index (Phi) is 5.97. The Morgan fingerprint density at radius 1 is 1.00 bits per heavy atom. The Hall–Kier alpha value is -3.29. The van der Waals surface area contributed by atoms with Crippen LogP contribution in [0, 0.1) is 6.92 Å². The van der Waals surface area contributed by atoms with Crippen molar-refractivity contribution < 1.29 is 15.0 Å². The molecule has 0 saturated carbocycles. The van der Waals surface area contributed by atoms with Crippen LogP contribution in [-0.2, 0) is 0 Å². The Morgan fingerprint density at radius 3 is 2.45 bits per heavy atom. The van der Waals surface area contributed by atoms with Crippen molar-refractivity contribution in [3.8, 4) is 28.6 Å². The number of thioether (sulfide) groups is 1. The number of Topliss-reactive ketones (excluding diaryl/α,β-unsaturated/α-hetero) is 1. The predicted molar refractivity (Wildman–Crippen MR) is 121 cm³/mol. The van der Waals surface area contributed by atoms with E-state index in [2.05, 4.69) is 10.2 Å². The van der Waals surface area contributed by atoms with Gasteiger partial charge in [-0.05, 0) is 49.4 Å². The van der Waals surface area contributed by atoms with Crippen molar-refractivity contribution in [2.24, 2.45) is 0 Å². The summed E-state index contributed by atoms with van der Waals surface area (Å²) in [7, 11) is 0. The molecule has 0 amide bonds. The van der Waals surface area contributed by atoms with E-state index in [9.17, 15) is 15.0 Å². The Bertz CT molecular complexity index is 1260. The normalized spacial score (nSPS) is 10.9. The molecule has 6 nitrogen and oxygen atoms in total. The number of phenolic OH excluding ortho intramolecular Hbond substituents is 2. The largest absolute Gasteiger partial charge is 0.504 e. The summed E-state index contributed by atoms with van der Waals surface area (Å²) in [5.41, 5.74) is 3.00. The average molecular weight is 452 g/mol. The van der Waals surface area contributed by atoms with E-state index >= 15 is 0 Å². The molecule has 0 bridgehead atoms. The number of ketones is 1. The minimum atomic E-state index is -0.334. The number of carbonyl (C=O) groups excluding carboxylic acids is 1. The summed E-state index contributed by atoms with van der Waals surface area (Å²) in [6.07, 6.45) is 0. The molecule has 0 fully saturated rings. The molecule has 4 rings (SSSR count). The van der Waals surface area contributed by atoms with Crippen LogP contribution < -0.4 is 0 Å². The van der Waals surface area contributed by atoms with Crippen LogP contribution in [0.5, 0.6) is 11.5 Å². The lowest BCUT2D eigenvalue weighted by molar-refractivity contribution is 0.102. The van der Waals surface area contributed by atoms with Crippen LogP contribution in [0.2, 0.25) is 5.02 Å². The number of carbonyl (C=O) groups is 1. The van der Waals surface area contributed by atoms with Crippen molar-refractivity contribution in [1.82, 2.24) is 14.8 Å². The van der Waals surface area contributed by atoms with Gasteiger partial charge in [-0.15, -0.1) is 10.2 Å². The highest BCUT2D eigenvalue weighted by atomic mass is 35.5. The number of hydrogen-bond acceptors (Lipinski definition) is 6. The fraction of sp³-hybridized carbons (Fsp3) is 0.0870. The fourth-order valence-electron chi connectivity index (χ4n) is 3.02. The van der Waals surface area contributed by atoms with Gasteiger partial charge in [0.15, 0.2) is 28.3 Å². The van der Waals surface area contributed by atoms with Gasteiger partial charge in [0.05, 0.1) is 10.8 Å². The lowest BCUT2D eigenvalue weighted by atomic mass is 10.1. The van der Waals surface area contributed by atoms with Gasteiger partial charge < -0.3 is 10.2 Å². The van der Waals surface area contributed by atoms with Crippen molar-refractivity contribution in [3.05, 3.63) is 82.9 Å². The first kappa shape index (κ1) is 21.0. The predicted octanol–water partition coefficient (Wildman–Crippen LogP) is 5.28. The number of nitrogens with zero attached hydrogens (tertiary/aromatic N) is 3. The number of aromatic hydroxyl groups is 2. The molecular weight excluding hydrogens is 434 g/mol. The van der Waals surface area contributed by atoms with Crippen LogP contribution in [0.25, 0.3) is 17.1 Å². The van der Waals surface area contributed by atoms with E-state index in [0.717, 1.165) is 16.8 Å². The zero-order valence-electron chi connectivity index (χ0n) is 16.5. The molecule has 0 atom stereocenters. The maximum Gasteiger partial charge on any atom is 0.196 e. The molecule has 0 aliphatic carbocycles. The molecule has 3 aromatic carbocycles. The van der Waals surface area contributed by atoms with Gasteiger partial charge in [-0.1, -0.05) is 53.2 Å². The molecule has 156 valence electrons. The third-order valence-electron chi connectivity index (χ3n) is 4.67. The highest BCUT2D eigenvalue weighted by Crippen LogP contribution is 2.32. The summed E-state index contributed by atoms with van der Waals surface area (Å²) in [6.45, 7) is 2.01. The Balaban J connectivity index is 1.69. The lowest BCUT2D eigenvalue weighted by Gasteiger charge is -2.11. The second-order valence-electron chi connectivity index (χ2n) is 6.87. The molecule has 2 N–H and O–H groups in total. The van der Waals surface area contributed by atoms with Crippen LogP contribution >= 0.6 is 23.4 Å². The quantitative estimate of drug-likeness (QED) is 0.235. The topological polar surface area (TPSA) is 88.2 Å². The first-order valence-electron chi connectivity index (χ1n) is 9.39. The molecule has 0 saturated heterocycles. The number of rotatable bonds is 6. The Morgan fingerprint density at radius 2 is 1.74 bits per heavy atom. The van der Waals surface area contributed by atoms with Crippen molar-refractivity contribution in [2.75, 3.05) is 5.75 Å². The van der Waals surface area contributed by atoms with Crippen LogP contribution in [0.15, 0.2) is 71.9 Å². The zero-order valence-corrected chi connectivity index (χ0v) is 18.1. The third kappa shape index (κ3) is 4.42. The minimum Gasteiger partial charge on any atom is -0.504 e. The van der Waals surface area contributed by atoms with Gasteiger partial charge in [-0.25, -0.2) is 0 Å². The summed E-state index contributed by atoms with van der Waals surface area (Å²) in [4.78, 5) is 12.6. The second kappa shape index (κ2) is 8.83. The summed E-state index contributed by atoms with van der Waals surface area (Å²) < 4.78 is 1.87. The third-order valence-corrected chi connectivity index (χ3v) is 5.93. The van der Waals surface area contributed by atoms with Gasteiger partial charge >= 0.3 is 0 Å². The zero-order chi connectivity index (χ0) is 22.0. The highest BCUT2D eigenvalue weighted by molar-refractivity contribution is 7.99. The molecule has 0 radical (unpaired) electrons. The Labute approximate surface area is 188 Å². The molecule has 0 unspecified atom stereocenters. The van der Waals surface area contributed by atoms with Gasteiger partial charge in [0.25, 0.3) is 0 Å². The summed E-state index contributed by atoms with van der Waals surface area (Å²) >= 11 is 7.63. The number of aryl methyl sites for hydroxylation is 1. The minimum absolute atomic E-state index is 0.0801. The van der Waals surface area contributed by atoms with E-state index in [1.807, 2.05) is 54.0 Å². The average Bonchev–Trinajstić information content (AvgIpc) is 3.18. The molecule has 0 aliphatic rings. The highest BCUT2D eigenvalue weighted by Gasteiger charge is 2.19. The molecule has 1 heterocycles. The van der Waals surface area contributed by atoms with Gasteiger partial charge in [0.2, 0.25) is 0 Å². The van der Waals surface area contributed by atoms with Gasteiger partial charge in [0, 0.05) is 16.8 Å². The first-order chi connectivity index (χ1) is 14.9. The number of phenols is 2. The van der Waals surface area contributed by atoms with Gasteiger partial charge in [-0.3, -0.25) is 9.36 Å². The van der Waals surface area contributed by atoms with Crippen molar-refractivity contribution in [3.63, 3.8) is 0 Å². The van der Waals surface area contributed by atoms with Gasteiger partial charge in [0.1, 0.15) is 0 Å². The molecule has 8 heteroatoms. The monoisotopic (exact) mass is 451 g/mol. The molecule has 0 spiro atoms. The van der Waals surface area contributed by atoms with Crippen LogP contribution in [-0.4, -0.2) is 36.5 Å². The number of benzene rings is 3. The van der Waals surface area contributed by atoms with E-state index in [1.54, 1.807) is 6.07 Å². The van der Waals surface area contributed by atoms with Crippen molar-refractivity contribution >= 4 is 29.1 Å². The number of halogens is 1. The maximum absolute atomic E-state index is 12.6.